The number of hydrogen-bond acceptors (Lipinski definition) is 0. The molecule has 4 aromatic carbocycles. The predicted octanol–water partition coefficient (Wildman–Crippen LogP) is 14.7. The third-order valence-corrected chi connectivity index (χ3v) is 65.6. The molecule has 4 aromatic rings. The minimum absolute atomic E-state index is 0.112. The zero-order chi connectivity index (χ0) is 34.6. The minimum atomic E-state index is -4.75. The van der Waals surface area contributed by atoms with Crippen molar-refractivity contribution in [3.63, 3.8) is 0 Å². The molecule has 2 unspecified atom stereocenters. The van der Waals surface area contributed by atoms with Crippen molar-refractivity contribution in [2.24, 2.45) is 0 Å². The molecule has 0 N–H and O–H groups in total. The van der Waals surface area contributed by atoms with Gasteiger partial charge in [0.1, 0.15) is 0 Å². The first kappa shape index (κ1) is 35.1. The molecule has 8 rings (SSSR count). The van der Waals surface area contributed by atoms with Gasteiger partial charge in [0.05, 0.1) is 0 Å². The van der Waals surface area contributed by atoms with Crippen molar-refractivity contribution in [2.75, 3.05) is 0 Å². The van der Waals surface area contributed by atoms with Crippen LogP contribution in [0.15, 0.2) is 96.1 Å². The zero-order valence-corrected chi connectivity index (χ0v) is 35.6. The maximum absolute atomic E-state index is 8.59. The van der Waals surface area contributed by atoms with E-state index < -0.39 is 21.5 Å². The first-order valence-electron chi connectivity index (χ1n) is 19.5. The molecule has 4 heteroatoms. The van der Waals surface area contributed by atoms with E-state index in [1.165, 1.54) is 131 Å². The first-order valence-corrected chi connectivity index (χ1v) is 35.9. The van der Waals surface area contributed by atoms with Crippen LogP contribution in [0.3, 0.4) is 0 Å². The molecule has 50 heavy (non-hydrogen) atoms. The van der Waals surface area contributed by atoms with Gasteiger partial charge in [-0.15, -0.1) is 0 Å². The number of benzene rings is 4. The number of allylic oxidation sites excluding steroid dienone is 2. The van der Waals surface area contributed by atoms with Crippen molar-refractivity contribution in [1.29, 1.82) is 0 Å². The van der Waals surface area contributed by atoms with Crippen molar-refractivity contribution in [3.8, 4) is 22.3 Å². The Bertz CT molecular complexity index is 1850. The summed E-state index contributed by atoms with van der Waals surface area (Å²) in [5.74, 6) is -0.218. The summed E-state index contributed by atoms with van der Waals surface area (Å²) in [6, 6.07) is 32.8. The molecule has 0 amide bonds. The molecule has 4 aliphatic carbocycles. The summed E-state index contributed by atoms with van der Waals surface area (Å²) in [6.07, 6.45) is 18.4. The SMILES string of the molecule is CC1=Cc2c(-c3cccc(C4CCCCC4)c3)cccc2[CH]1[Zr]([Cl])([Cl])([CH]1C(C)=Cc2c(-c3cccc(C4CCCCC4)c3)cccc21)[SiH](C)C. The Labute approximate surface area is 310 Å². The third kappa shape index (κ3) is 5.88. The van der Waals surface area contributed by atoms with Crippen LogP contribution in [0.1, 0.15) is 131 Å². The topological polar surface area (TPSA) is 0 Å². The van der Waals surface area contributed by atoms with Crippen molar-refractivity contribution < 1.29 is 15.6 Å². The Morgan fingerprint density at radius 1 is 0.540 bits per heavy atom. The molecule has 0 saturated heterocycles. The van der Waals surface area contributed by atoms with Crippen LogP contribution in [0.2, 0.25) is 13.1 Å². The van der Waals surface area contributed by atoms with Crippen LogP contribution in [0.4, 0.5) is 0 Å². The second-order valence-electron chi connectivity index (χ2n) is 16.6. The number of halogens is 2. The molecule has 2 saturated carbocycles. The van der Waals surface area contributed by atoms with Gasteiger partial charge >= 0.3 is 313 Å². The van der Waals surface area contributed by atoms with E-state index in [1.54, 1.807) is 0 Å². The molecule has 259 valence electrons. The molecule has 0 bridgehead atoms. The van der Waals surface area contributed by atoms with E-state index in [0.29, 0.717) is 11.8 Å². The molecule has 0 nitrogen and oxygen atoms in total. The molecular weight excluding hydrogens is 743 g/mol. The standard InChI is InChI=1S/2C22H23.C2H7Si.2ClH.Zr/c2*1-16-13-19-11-6-12-21(22(19)14-16)20-10-5-9-18(15-20)17-7-3-2-4-8-17;1-3-2;;;/h2*5-6,9-15,17H,2-4,7-8H2,1H3;3H,1-2H3;2*1H;/q;;;;;+2/p-2. The monoisotopic (exact) mass is 793 g/mol. The van der Waals surface area contributed by atoms with Gasteiger partial charge in [0.2, 0.25) is 0 Å². The van der Waals surface area contributed by atoms with E-state index in [0.717, 1.165) is 0 Å². The van der Waals surface area contributed by atoms with Crippen molar-refractivity contribution >= 4 is 35.1 Å². The Morgan fingerprint density at radius 2 is 0.940 bits per heavy atom. The molecule has 0 spiro atoms. The van der Waals surface area contributed by atoms with Gasteiger partial charge in [0.15, 0.2) is 0 Å². The predicted molar refractivity (Wildman–Crippen MR) is 219 cm³/mol. The van der Waals surface area contributed by atoms with Crippen LogP contribution in [0.5, 0.6) is 0 Å². The molecule has 2 atom stereocenters. The molecule has 0 radical (unpaired) electrons. The van der Waals surface area contributed by atoms with Gasteiger partial charge in [-0.25, -0.2) is 0 Å². The van der Waals surface area contributed by atoms with Crippen molar-refractivity contribution in [3.05, 3.63) is 129 Å². The zero-order valence-electron chi connectivity index (χ0n) is 30.5. The maximum atomic E-state index is 8.59. The summed E-state index contributed by atoms with van der Waals surface area (Å²) in [5.41, 5.74) is 16.5. The Hall–Kier alpha value is -1.96. The van der Waals surface area contributed by atoms with E-state index in [2.05, 4.69) is 124 Å². The fourth-order valence-electron chi connectivity index (χ4n) is 10.7. The summed E-state index contributed by atoms with van der Waals surface area (Å²) < 4.78 is 0.223. The van der Waals surface area contributed by atoms with Gasteiger partial charge in [0.25, 0.3) is 0 Å². The van der Waals surface area contributed by atoms with Crippen LogP contribution < -0.4 is 0 Å². The summed E-state index contributed by atoms with van der Waals surface area (Å²) in [4.78, 5) is 0. The average Bonchev–Trinajstić information content (AvgIpc) is 3.69. The van der Waals surface area contributed by atoms with Gasteiger partial charge in [-0.05, 0) is 0 Å². The fourth-order valence-corrected chi connectivity index (χ4v) is 43.6. The van der Waals surface area contributed by atoms with Crippen LogP contribution in [-0.2, 0) is 15.6 Å². The molecular formula is C46H53Cl2SiZr. The fraction of sp³-hybridized carbons (Fsp3) is 0.391. The quantitative estimate of drug-likeness (QED) is 0.163. The second kappa shape index (κ2) is 13.8. The number of fused-ring (bicyclic) bond motifs is 2. The third-order valence-electron chi connectivity index (χ3n) is 13.3. The van der Waals surface area contributed by atoms with E-state index >= 15 is 0 Å². The van der Waals surface area contributed by atoms with Crippen molar-refractivity contribution in [2.45, 2.75) is 110 Å². The van der Waals surface area contributed by atoms with Crippen LogP contribution in [0, 0.1) is 0 Å². The van der Waals surface area contributed by atoms with Gasteiger partial charge in [-0.3, -0.25) is 0 Å². The number of rotatable bonds is 7. The number of hydrogen-bond donors (Lipinski definition) is 0. The van der Waals surface area contributed by atoms with E-state index in [-0.39, 0.29) is 7.25 Å². The molecule has 4 aliphatic rings. The molecule has 0 aromatic heterocycles. The van der Waals surface area contributed by atoms with Crippen LogP contribution in [0.25, 0.3) is 34.4 Å². The average molecular weight is 796 g/mol. The summed E-state index contributed by atoms with van der Waals surface area (Å²) >= 11 is -4.75. The van der Waals surface area contributed by atoms with Crippen LogP contribution in [-0.4, -0.2) is 5.92 Å². The second-order valence-corrected chi connectivity index (χ2v) is 59.1. The van der Waals surface area contributed by atoms with E-state index in [9.17, 15) is 0 Å². The van der Waals surface area contributed by atoms with Gasteiger partial charge < -0.3 is 0 Å². The first-order chi connectivity index (χ1) is 24.1. The molecule has 0 aliphatic heterocycles. The molecule has 2 fully saturated rings. The summed E-state index contributed by atoms with van der Waals surface area (Å²) in [7, 11) is 17.2. The van der Waals surface area contributed by atoms with Gasteiger partial charge in [0, 0.05) is 0 Å². The van der Waals surface area contributed by atoms with Gasteiger partial charge in [-0.1, -0.05) is 0 Å². The summed E-state index contributed by atoms with van der Waals surface area (Å²) in [5, 5.41) is 0. The van der Waals surface area contributed by atoms with Crippen molar-refractivity contribution in [1.82, 2.24) is 0 Å². The van der Waals surface area contributed by atoms with E-state index in [1.807, 2.05) is 0 Å². The normalized spacial score (nSPS) is 22.1. The Kier molecular flexibility index (Phi) is 9.68. The molecule has 0 heterocycles. The van der Waals surface area contributed by atoms with E-state index in [4.69, 9.17) is 17.0 Å². The Balaban J connectivity index is 1.21. The van der Waals surface area contributed by atoms with Gasteiger partial charge in [-0.2, -0.15) is 0 Å². The summed E-state index contributed by atoms with van der Waals surface area (Å²) in [6.45, 7) is 9.56. The Morgan fingerprint density at radius 3 is 1.34 bits per heavy atom. The van der Waals surface area contributed by atoms with Crippen LogP contribution >= 0.6 is 17.0 Å².